The van der Waals surface area contributed by atoms with Crippen molar-refractivity contribution >= 4 is 17.3 Å². The fourth-order valence-electron chi connectivity index (χ4n) is 1.62. The number of anilines is 1. The minimum atomic E-state index is -0.868. The summed E-state index contributed by atoms with van der Waals surface area (Å²) in [7, 11) is 0. The van der Waals surface area contributed by atoms with Crippen LogP contribution >= 0.6 is 0 Å². The Morgan fingerprint density at radius 2 is 2.17 bits per heavy atom. The lowest BCUT2D eigenvalue weighted by Gasteiger charge is -2.12. The summed E-state index contributed by atoms with van der Waals surface area (Å²) in [4.78, 5) is 21.1. The van der Waals surface area contributed by atoms with E-state index in [0.29, 0.717) is 12.1 Å². The van der Waals surface area contributed by atoms with Gasteiger partial charge in [-0.15, -0.1) is 0 Å². The van der Waals surface area contributed by atoms with Gasteiger partial charge in [-0.25, -0.2) is 0 Å². The summed E-state index contributed by atoms with van der Waals surface area (Å²) in [5.74, 6) is -1.36. The topological polar surface area (TPSA) is 92.5 Å². The third kappa shape index (κ3) is 3.73. The molecule has 1 aromatic carbocycles. The number of nitrogens with one attached hydrogen (secondary N) is 1. The summed E-state index contributed by atoms with van der Waals surface area (Å²) in [5, 5.41) is 22.5. The number of rotatable bonds is 6. The van der Waals surface area contributed by atoms with Gasteiger partial charge in [-0.2, -0.15) is 0 Å². The van der Waals surface area contributed by atoms with Crippen molar-refractivity contribution in [1.29, 1.82) is 0 Å². The van der Waals surface area contributed by atoms with Gasteiger partial charge in [-0.05, 0) is 25.0 Å². The maximum absolute atomic E-state index is 10.8. The highest BCUT2D eigenvalue weighted by atomic mass is 16.6. The van der Waals surface area contributed by atoms with E-state index in [1.54, 1.807) is 19.9 Å². The van der Waals surface area contributed by atoms with Crippen LogP contribution < -0.4 is 5.32 Å². The first kappa shape index (κ1) is 14.0. The Hall–Kier alpha value is -2.11. The lowest BCUT2D eigenvalue weighted by atomic mass is 10.1. The zero-order chi connectivity index (χ0) is 13.7. The Labute approximate surface area is 105 Å². The second-order valence-corrected chi connectivity index (χ2v) is 4.14. The Morgan fingerprint density at radius 3 is 2.67 bits per heavy atom. The minimum absolute atomic E-state index is 0.000809. The molecule has 2 N–H and O–H groups in total. The smallest absolute Gasteiger partial charge is 0.308 e. The summed E-state index contributed by atoms with van der Waals surface area (Å²) in [5.41, 5.74) is 1.33. The Bertz CT molecular complexity index is 459. The molecule has 0 aliphatic rings. The summed E-state index contributed by atoms with van der Waals surface area (Å²) < 4.78 is 0. The number of benzene rings is 1. The van der Waals surface area contributed by atoms with Gasteiger partial charge in [0.05, 0.1) is 10.8 Å². The van der Waals surface area contributed by atoms with E-state index < -0.39 is 16.8 Å². The van der Waals surface area contributed by atoms with Crippen LogP contribution in [0.1, 0.15) is 18.9 Å². The third-order valence-corrected chi connectivity index (χ3v) is 2.67. The number of nitrogens with zero attached hydrogens (tertiary/aromatic N) is 1. The van der Waals surface area contributed by atoms with E-state index in [2.05, 4.69) is 5.32 Å². The fraction of sp³-hybridized carbons (Fsp3) is 0.417. The molecule has 1 rings (SSSR count). The Morgan fingerprint density at radius 1 is 1.50 bits per heavy atom. The number of carbonyl (C=O) groups is 1. The molecule has 1 atom stereocenters. The molecule has 98 valence electrons. The third-order valence-electron chi connectivity index (χ3n) is 2.67. The molecular weight excluding hydrogens is 236 g/mol. The van der Waals surface area contributed by atoms with Crippen molar-refractivity contribution in [2.45, 2.75) is 20.3 Å². The number of aryl methyl sites for hydroxylation is 1. The summed E-state index contributed by atoms with van der Waals surface area (Å²) in [6, 6.07) is 4.63. The second kappa shape index (κ2) is 6.00. The highest BCUT2D eigenvalue weighted by molar-refractivity contribution is 5.70. The normalized spacial score (nSPS) is 11.9. The van der Waals surface area contributed by atoms with Gasteiger partial charge in [0.15, 0.2) is 0 Å². The molecule has 0 aliphatic heterocycles. The van der Waals surface area contributed by atoms with E-state index in [0.717, 1.165) is 5.56 Å². The number of nitro groups is 1. The first-order valence-corrected chi connectivity index (χ1v) is 5.66. The quantitative estimate of drug-likeness (QED) is 0.599. The average Bonchev–Trinajstić information content (AvgIpc) is 2.28. The highest BCUT2D eigenvalue weighted by Gasteiger charge is 2.15. The van der Waals surface area contributed by atoms with Crippen LogP contribution in [0.4, 0.5) is 11.4 Å². The molecule has 0 saturated heterocycles. The Kier molecular flexibility index (Phi) is 4.65. The molecule has 6 heteroatoms. The molecule has 0 heterocycles. The summed E-state index contributed by atoms with van der Waals surface area (Å²) >= 11 is 0. The van der Waals surface area contributed by atoms with Crippen molar-refractivity contribution in [2.24, 2.45) is 5.92 Å². The largest absolute Gasteiger partial charge is 0.481 e. The lowest BCUT2D eigenvalue weighted by molar-refractivity contribution is -0.384. The van der Waals surface area contributed by atoms with Gasteiger partial charge >= 0.3 is 5.97 Å². The van der Waals surface area contributed by atoms with Gasteiger partial charge in [0.1, 0.15) is 0 Å². The number of nitro benzene ring substituents is 1. The molecule has 1 aromatic rings. The van der Waals surface area contributed by atoms with Crippen LogP contribution in [0.15, 0.2) is 18.2 Å². The molecule has 6 nitrogen and oxygen atoms in total. The lowest BCUT2D eigenvalue weighted by Crippen LogP contribution is -2.22. The standard InChI is InChI=1S/C12H16N2O4/c1-3-9(12(15)16)7-13-10-4-8(2)5-11(6-10)14(17)18/h4-6,9,13H,3,7H2,1-2H3,(H,15,16). The van der Waals surface area contributed by atoms with Gasteiger partial charge in [0.2, 0.25) is 0 Å². The predicted molar refractivity (Wildman–Crippen MR) is 67.7 cm³/mol. The summed E-state index contributed by atoms with van der Waals surface area (Å²) in [6.45, 7) is 3.80. The number of non-ortho nitro benzene ring substituents is 1. The maximum atomic E-state index is 10.8. The number of aliphatic carboxylic acids is 1. The fourth-order valence-corrected chi connectivity index (χ4v) is 1.62. The number of hydrogen-bond acceptors (Lipinski definition) is 4. The van der Waals surface area contributed by atoms with E-state index in [4.69, 9.17) is 5.11 Å². The zero-order valence-corrected chi connectivity index (χ0v) is 10.3. The van der Waals surface area contributed by atoms with Crippen LogP contribution in [0.2, 0.25) is 0 Å². The number of carboxylic acid groups (broad SMARTS) is 1. The molecule has 0 radical (unpaired) electrons. The van der Waals surface area contributed by atoms with Crippen molar-refractivity contribution in [3.05, 3.63) is 33.9 Å². The van der Waals surface area contributed by atoms with Crippen LogP contribution in [-0.2, 0) is 4.79 Å². The first-order valence-electron chi connectivity index (χ1n) is 5.66. The molecule has 0 aromatic heterocycles. The molecule has 0 saturated carbocycles. The number of hydrogen-bond donors (Lipinski definition) is 2. The summed E-state index contributed by atoms with van der Waals surface area (Å²) in [6.07, 6.45) is 0.510. The SMILES string of the molecule is CCC(CNc1cc(C)cc([N+](=O)[O-])c1)C(=O)O. The van der Waals surface area contributed by atoms with Crippen molar-refractivity contribution < 1.29 is 14.8 Å². The molecule has 0 amide bonds. The van der Waals surface area contributed by atoms with E-state index in [9.17, 15) is 14.9 Å². The van der Waals surface area contributed by atoms with Crippen molar-refractivity contribution in [3.63, 3.8) is 0 Å². The monoisotopic (exact) mass is 252 g/mol. The van der Waals surface area contributed by atoms with E-state index in [1.807, 2.05) is 0 Å². The molecule has 0 fully saturated rings. The van der Waals surface area contributed by atoms with Gasteiger partial charge in [0, 0.05) is 24.4 Å². The van der Waals surface area contributed by atoms with Crippen molar-refractivity contribution in [3.8, 4) is 0 Å². The minimum Gasteiger partial charge on any atom is -0.481 e. The first-order chi connectivity index (χ1) is 8.43. The second-order valence-electron chi connectivity index (χ2n) is 4.14. The Balaban J connectivity index is 2.78. The van der Waals surface area contributed by atoms with E-state index in [-0.39, 0.29) is 12.2 Å². The molecule has 1 unspecified atom stereocenters. The van der Waals surface area contributed by atoms with E-state index in [1.165, 1.54) is 12.1 Å². The van der Waals surface area contributed by atoms with Crippen LogP contribution in [0.25, 0.3) is 0 Å². The van der Waals surface area contributed by atoms with Crippen LogP contribution in [0.5, 0.6) is 0 Å². The zero-order valence-electron chi connectivity index (χ0n) is 10.3. The number of carboxylic acids is 1. The van der Waals surface area contributed by atoms with Crippen LogP contribution in [0.3, 0.4) is 0 Å². The van der Waals surface area contributed by atoms with Gasteiger partial charge in [0.25, 0.3) is 5.69 Å². The van der Waals surface area contributed by atoms with Crippen LogP contribution in [-0.4, -0.2) is 22.5 Å². The van der Waals surface area contributed by atoms with Crippen LogP contribution in [0, 0.1) is 23.0 Å². The molecule has 0 bridgehead atoms. The van der Waals surface area contributed by atoms with Gasteiger partial charge in [-0.3, -0.25) is 14.9 Å². The molecular formula is C12H16N2O4. The maximum Gasteiger partial charge on any atom is 0.308 e. The van der Waals surface area contributed by atoms with Crippen molar-refractivity contribution in [2.75, 3.05) is 11.9 Å². The highest BCUT2D eigenvalue weighted by Crippen LogP contribution is 2.20. The van der Waals surface area contributed by atoms with Gasteiger partial charge < -0.3 is 10.4 Å². The predicted octanol–water partition coefficient (Wildman–Crippen LogP) is 2.43. The van der Waals surface area contributed by atoms with Gasteiger partial charge in [-0.1, -0.05) is 6.92 Å². The molecule has 18 heavy (non-hydrogen) atoms. The van der Waals surface area contributed by atoms with E-state index >= 15 is 0 Å². The van der Waals surface area contributed by atoms with Crippen molar-refractivity contribution in [1.82, 2.24) is 0 Å². The molecule has 0 aliphatic carbocycles. The molecule has 0 spiro atoms. The average molecular weight is 252 g/mol.